The monoisotopic (exact) mass is 547 g/mol. The molecule has 0 unspecified atom stereocenters. The van der Waals surface area contributed by atoms with E-state index in [1.807, 2.05) is 37.2 Å². The van der Waals surface area contributed by atoms with E-state index in [1.165, 1.54) is 5.69 Å². The predicted molar refractivity (Wildman–Crippen MR) is 165 cm³/mol. The molecule has 6 aromatic rings. The van der Waals surface area contributed by atoms with Crippen molar-refractivity contribution in [2.75, 3.05) is 50.8 Å². The minimum Gasteiger partial charge on any atom is -0.497 e. The molecule has 1 aliphatic heterocycles. The molecule has 0 saturated carbocycles. The Balaban J connectivity index is 1.40. The maximum Gasteiger partial charge on any atom is 0.185 e. The van der Waals surface area contributed by atoms with Gasteiger partial charge in [-0.25, -0.2) is 9.98 Å². The van der Waals surface area contributed by atoms with E-state index in [-0.39, 0.29) is 0 Å². The molecule has 3 heterocycles. The van der Waals surface area contributed by atoms with Crippen molar-refractivity contribution in [1.82, 2.24) is 10.3 Å². The van der Waals surface area contributed by atoms with Crippen LogP contribution in [-0.2, 0) is 0 Å². The number of rotatable bonds is 5. The Morgan fingerprint density at radius 3 is 2.62 bits per heavy atom. The normalized spacial score (nSPS) is 14.1. The number of fused-ring (bicyclic) bond motifs is 3. The number of nitrogens with zero attached hydrogens (tertiary/aromatic N) is 4. The number of nitrogens with one attached hydrogen (secondary N) is 1. The van der Waals surface area contributed by atoms with Crippen LogP contribution in [0.3, 0.4) is 0 Å². The van der Waals surface area contributed by atoms with E-state index in [4.69, 9.17) is 19.1 Å². The molecule has 1 saturated heterocycles. The lowest BCUT2D eigenvalue weighted by Crippen LogP contribution is -2.20. The first-order chi connectivity index (χ1) is 19.5. The molecule has 0 bridgehead atoms. The lowest BCUT2D eigenvalue weighted by atomic mass is 10.1. The largest absolute Gasteiger partial charge is 0.497 e. The van der Waals surface area contributed by atoms with E-state index in [9.17, 15) is 0 Å². The van der Waals surface area contributed by atoms with E-state index < -0.39 is 0 Å². The van der Waals surface area contributed by atoms with E-state index in [0.717, 1.165) is 85.0 Å². The van der Waals surface area contributed by atoms with Crippen molar-refractivity contribution in [3.63, 3.8) is 0 Å². The fraction of sp³-hybridized carbons (Fsp3) is 0.188. The highest BCUT2D eigenvalue weighted by molar-refractivity contribution is 7.22. The summed E-state index contributed by atoms with van der Waals surface area (Å²) in [4.78, 5) is 14.2. The number of hydrogen-bond donors (Lipinski definition) is 1. The minimum absolute atomic E-state index is 0.764. The smallest absolute Gasteiger partial charge is 0.185 e. The molecule has 40 heavy (non-hydrogen) atoms. The van der Waals surface area contributed by atoms with Crippen LogP contribution >= 0.6 is 11.3 Å². The molecule has 7 rings (SSSR count). The summed E-state index contributed by atoms with van der Waals surface area (Å²) in [5, 5.41) is 8.33. The van der Waals surface area contributed by atoms with E-state index >= 15 is 0 Å². The van der Waals surface area contributed by atoms with Crippen molar-refractivity contribution < 1.29 is 9.15 Å². The van der Waals surface area contributed by atoms with Gasteiger partial charge in [-0.05, 0) is 77.5 Å². The molecule has 0 amide bonds. The first-order valence-corrected chi connectivity index (χ1v) is 14.1. The van der Waals surface area contributed by atoms with Crippen molar-refractivity contribution in [2.45, 2.75) is 0 Å². The van der Waals surface area contributed by atoms with Crippen LogP contribution in [0.4, 0.5) is 16.5 Å². The number of aromatic nitrogens is 1. The average molecular weight is 548 g/mol. The zero-order valence-electron chi connectivity index (χ0n) is 22.6. The van der Waals surface area contributed by atoms with Crippen LogP contribution in [0.5, 0.6) is 5.75 Å². The predicted octanol–water partition coefficient (Wildman–Crippen LogP) is 6.54. The standard InChI is InChI=1S/C32H29N5O2S/c1-36(2)32-35-27-11-5-21(17-31(27)40-32)29-18-28(34-23-6-8-24(9-7-23)37-13-12-33-19-37)26-15-22-14-25(38-3)10-4-20(22)16-30(26)39-29/h4-11,14-18,33H,12-13,19H2,1-3H3. The third-order valence-corrected chi connectivity index (χ3v) is 8.47. The van der Waals surface area contributed by atoms with Crippen molar-refractivity contribution in [3.05, 3.63) is 84.2 Å². The van der Waals surface area contributed by atoms with Crippen LogP contribution in [-0.4, -0.2) is 45.9 Å². The summed E-state index contributed by atoms with van der Waals surface area (Å²) in [6, 6.07) is 27.1. The van der Waals surface area contributed by atoms with Gasteiger partial charge in [0.1, 0.15) is 17.1 Å². The Hall–Kier alpha value is -4.40. The van der Waals surface area contributed by atoms with Crippen molar-refractivity contribution in [2.24, 2.45) is 4.99 Å². The fourth-order valence-corrected chi connectivity index (χ4v) is 6.04. The highest BCUT2D eigenvalue weighted by Gasteiger charge is 2.13. The molecule has 1 aliphatic rings. The first-order valence-electron chi connectivity index (χ1n) is 13.3. The zero-order valence-corrected chi connectivity index (χ0v) is 23.5. The van der Waals surface area contributed by atoms with Gasteiger partial charge in [-0.15, -0.1) is 0 Å². The summed E-state index contributed by atoms with van der Waals surface area (Å²) >= 11 is 1.67. The second-order valence-electron chi connectivity index (χ2n) is 10.2. The number of methoxy groups -OCH3 is 1. The van der Waals surface area contributed by atoms with Crippen LogP contribution in [0.25, 0.3) is 43.3 Å². The molecule has 7 nitrogen and oxygen atoms in total. The van der Waals surface area contributed by atoms with Gasteiger partial charge in [0.05, 0.1) is 35.0 Å². The molecule has 0 aliphatic carbocycles. The SMILES string of the molecule is COc1ccc2cc3oc(-c4ccc5nc(N(C)C)sc5c4)cc(=Nc4ccc(N5CCNC5)cc4)c3cc2c1. The molecular weight excluding hydrogens is 518 g/mol. The van der Waals surface area contributed by atoms with Crippen LogP contribution in [0, 0.1) is 0 Å². The third-order valence-electron chi connectivity index (χ3n) is 7.28. The Labute approximate surface area is 236 Å². The van der Waals surface area contributed by atoms with Gasteiger partial charge in [0.15, 0.2) is 5.13 Å². The van der Waals surface area contributed by atoms with Gasteiger partial charge >= 0.3 is 0 Å². The number of hydrogen-bond acceptors (Lipinski definition) is 8. The summed E-state index contributed by atoms with van der Waals surface area (Å²) in [6.07, 6.45) is 0. The second kappa shape index (κ2) is 9.97. The Bertz CT molecular complexity index is 1940. The Morgan fingerprint density at radius 2 is 1.85 bits per heavy atom. The van der Waals surface area contributed by atoms with Gasteiger partial charge in [-0.2, -0.15) is 0 Å². The van der Waals surface area contributed by atoms with Gasteiger partial charge in [-0.3, -0.25) is 5.32 Å². The van der Waals surface area contributed by atoms with Crippen LogP contribution < -0.4 is 25.2 Å². The summed E-state index contributed by atoms with van der Waals surface area (Å²) in [7, 11) is 5.72. The van der Waals surface area contributed by atoms with Crippen LogP contribution in [0.2, 0.25) is 0 Å². The quantitative estimate of drug-likeness (QED) is 0.247. The minimum atomic E-state index is 0.764. The Kier molecular flexibility index (Phi) is 6.14. The number of benzene rings is 4. The van der Waals surface area contributed by atoms with Crippen LogP contribution in [0.1, 0.15) is 0 Å². The maximum atomic E-state index is 6.55. The van der Waals surface area contributed by atoms with Gasteiger partial charge in [0.25, 0.3) is 0 Å². The lowest BCUT2D eigenvalue weighted by molar-refractivity contribution is 0.415. The molecule has 1 N–H and O–H groups in total. The van der Waals surface area contributed by atoms with Crippen LogP contribution in [0.15, 0.2) is 88.3 Å². The molecule has 0 atom stereocenters. The third kappa shape index (κ3) is 4.55. The summed E-state index contributed by atoms with van der Waals surface area (Å²) < 4.78 is 13.1. The zero-order chi connectivity index (χ0) is 27.2. The number of anilines is 2. The summed E-state index contributed by atoms with van der Waals surface area (Å²) in [5.41, 5.74) is 4.86. The fourth-order valence-electron chi connectivity index (χ4n) is 5.11. The Morgan fingerprint density at radius 1 is 0.975 bits per heavy atom. The maximum absolute atomic E-state index is 6.55. The van der Waals surface area contributed by atoms with E-state index in [0.29, 0.717) is 0 Å². The molecule has 0 radical (unpaired) electrons. The van der Waals surface area contributed by atoms with Gasteiger partial charge in [0, 0.05) is 49.9 Å². The molecule has 8 heteroatoms. The lowest BCUT2D eigenvalue weighted by Gasteiger charge is -2.16. The number of thiazole rings is 1. The highest BCUT2D eigenvalue weighted by atomic mass is 32.1. The summed E-state index contributed by atoms with van der Waals surface area (Å²) in [5.74, 6) is 1.58. The van der Waals surface area contributed by atoms with E-state index in [2.05, 4.69) is 70.9 Å². The summed E-state index contributed by atoms with van der Waals surface area (Å²) in [6.45, 7) is 2.90. The molecule has 200 valence electrons. The highest BCUT2D eigenvalue weighted by Crippen LogP contribution is 2.33. The molecule has 1 fully saturated rings. The topological polar surface area (TPSA) is 66.1 Å². The molecule has 2 aromatic heterocycles. The molecular formula is C32H29N5O2S. The van der Waals surface area contributed by atoms with Crippen molar-refractivity contribution in [3.8, 4) is 17.1 Å². The number of ether oxygens (including phenoxy) is 1. The molecule has 0 spiro atoms. The second-order valence-corrected chi connectivity index (χ2v) is 11.2. The first kappa shape index (κ1) is 24.6. The van der Waals surface area contributed by atoms with Gasteiger partial charge < -0.3 is 19.0 Å². The molecule has 4 aromatic carbocycles. The van der Waals surface area contributed by atoms with Crippen molar-refractivity contribution in [1.29, 1.82) is 0 Å². The average Bonchev–Trinajstić information content (AvgIpc) is 3.67. The van der Waals surface area contributed by atoms with E-state index in [1.54, 1.807) is 18.4 Å². The van der Waals surface area contributed by atoms with Gasteiger partial charge in [-0.1, -0.05) is 17.4 Å². The van der Waals surface area contributed by atoms with Gasteiger partial charge in [0.2, 0.25) is 0 Å². The van der Waals surface area contributed by atoms with Crippen molar-refractivity contribution >= 4 is 59.8 Å².